The lowest BCUT2D eigenvalue weighted by Crippen LogP contribution is -2.37. The van der Waals surface area contributed by atoms with Gasteiger partial charge in [0.15, 0.2) is 0 Å². The van der Waals surface area contributed by atoms with Crippen molar-refractivity contribution in [2.75, 3.05) is 26.0 Å². The van der Waals surface area contributed by atoms with Gasteiger partial charge in [-0.3, -0.25) is 9.69 Å². The van der Waals surface area contributed by atoms with Crippen LogP contribution in [0, 0.1) is 0 Å². The highest BCUT2D eigenvalue weighted by atomic mass is 16.5. The smallest absolute Gasteiger partial charge is 0.337 e. The van der Waals surface area contributed by atoms with Crippen LogP contribution in [-0.4, -0.2) is 43.5 Å². The van der Waals surface area contributed by atoms with E-state index in [0.717, 1.165) is 19.4 Å². The maximum Gasteiger partial charge on any atom is 0.337 e. The normalized spacial score (nSPS) is 19.2. The molecule has 1 aromatic rings. The quantitative estimate of drug-likeness (QED) is 0.839. The van der Waals surface area contributed by atoms with E-state index in [2.05, 4.69) is 10.1 Å². The van der Waals surface area contributed by atoms with Gasteiger partial charge >= 0.3 is 5.97 Å². The van der Waals surface area contributed by atoms with E-state index in [9.17, 15) is 9.59 Å². The summed E-state index contributed by atoms with van der Waals surface area (Å²) in [6, 6.07) is 6.68. The van der Waals surface area contributed by atoms with Crippen molar-refractivity contribution in [3.05, 3.63) is 29.8 Å². The van der Waals surface area contributed by atoms with Crippen molar-refractivity contribution in [2.45, 2.75) is 18.9 Å². The van der Waals surface area contributed by atoms with Gasteiger partial charge in [-0.1, -0.05) is 6.07 Å². The van der Waals surface area contributed by atoms with Crippen LogP contribution in [0.5, 0.6) is 0 Å². The summed E-state index contributed by atoms with van der Waals surface area (Å²) in [6.07, 6.45) is 1.91. The van der Waals surface area contributed by atoms with Crippen LogP contribution in [0.15, 0.2) is 24.3 Å². The monoisotopic (exact) mass is 262 g/mol. The van der Waals surface area contributed by atoms with Crippen molar-refractivity contribution in [3.63, 3.8) is 0 Å². The number of likely N-dealkylation sites (tertiary alicyclic amines) is 1. The summed E-state index contributed by atoms with van der Waals surface area (Å²) >= 11 is 0. The number of likely N-dealkylation sites (N-methyl/N-ethyl adjacent to an activating group) is 1. The van der Waals surface area contributed by atoms with Crippen LogP contribution in [-0.2, 0) is 9.53 Å². The topological polar surface area (TPSA) is 58.6 Å². The summed E-state index contributed by atoms with van der Waals surface area (Å²) in [6.45, 7) is 0.945. The van der Waals surface area contributed by atoms with Crippen molar-refractivity contribution in [3.8, 4) is 0 Å². The molecule has 0 spiro atoms. The van der Waals surface area contributed by atoms with E-state index in [1.165, 1.54) is 7.11 Å². The summed E-state index contributed by atoms with van der Waals surface area (Å²) in [7, 11) is 3.28. The van der Waals surface area contributed by atoms with Crippen LogP contribution in [0.1, 0.15) is 23.2 Å². The van der Waals surface area contributed by atoms with Gasteiger partial charge in [-0.15, -0.1) is 0 Å². The minimum Gasteiger partial charge on any atom is -0.465 e. The number of hydrogen-bond donors (Lipinski definition) is 1. The summed E-state index contributed by atoms with van der Waals surface area (Å²) < 4.78 is 4.65. The first kappa shape index (κ1) is 13.5. The zero-order valence-corrected chi connectivity index (χ0v) is 11.2. The molecule has 0 radical (unpaired) electrons. The molecule has 1 fully saturated rings. The Kier molecular flexibility index (Phi) is 4.16. The maximum atomic E-state index is 12.1. The molecule has 2 rings (SSSR count). The van der Waals surface area contributed by atoms with Crippen molar-refractivity contribution < 1.29 is 14.3 Å². The van der Waals surface area contributed by atoms with Gasteiger partial charge in [-0.05, 0) is 44.6 Å². The van der Waals surface area contributed by atoms with Gasteiger partial charge in [0.1, 0.15) is 0 Å². The fourth-order valence-corrected chi connectivity index (χ4v) is 2.31. The van der Waals surface area contributed by atoms with E-state index in [4.69, 9.17) is 0 Å². The Balaban J connectivity index is 2.06. The molecule has 5 heteroatoms. The first-order valence-electron chi connectivity index (χ1n) is 6.31. The van der Waals surface area contributed by atoms with Gasteiger partial charge in [0, 0.05) is 5.69 Å². The number of hydrogen-bond acceptors (Lipinski definition) is 4. The van der Waals surface area contributed by atoms with Crippen LogP contribution >= 0.6 is 0 Å². The zero-order valence-electron chi connectivity index (χ0n) is 11.2. The van der Waals surface area contributed by atoms with E-state index in [1.54, 1.807) is 24.3 Å². The summed E-state index contributed by atoms with van der Waals surface area (Å²) in [5.74, 6) is -0.434. The summed E-state index contributed by atoms with van der Waals surface area (Å²) in [5, 5.41) is 2.85. The highest BCUT2D eigenvalue weighted by molar-refractivity contribution is 5.97. The van der Waals surface area contributed by atoms with Crippen LogP contribution in [0.2, 0.25) is 0 Å². The number of amides is 1. The molecule has 1 aliphatic heterocycles. The predicted molar refractivity (Wildman–Crippen MR) is 72.1 cm³/mol. The molecule has 5 nitrogen and oxygen atoms in total. The Morgan fingerprint density at radius 3 is 2.84 bits per heavy atom. The second kappa shape index (κ2) is 5.84. The molecule has 1 N–H and O–H groups in total. The van der Waals surface area contributed by atoms with Gasteiger partial charge in [0.2, 0.25) is 5.91 Å². The Hall–Kier alpha value is -1.88. The molecule has 1 amide bonds. The van der Waals surface area contributed by atoms with Gasteiger partial charge in [-0.25, -0.2) is 4.79 Å². The number of nitrogens with zero attached hydrogens (tertiary/aromatic N) is 1. The minimum atomic E-state index is -0.408. The predicted octanol–water partition coefficient (Wildman–Crippen LogP) is 1.51. The van der Waals surface area contributed by atoms with E-state index in [1.807, 2.05) is 11.9 Å². The van der Waals surface area contributed by atoms with Crippen molar-refractivity contribution in [1.82, 2.24) is 4.90 Å². The molecule has 0 saturated carbocycles. The number of anilines is 1. The average Bonchev–Trinajstić information content (AvgIpc) is 2.84. The van der Waals surface area contributed by atoms with E-state index < -0.39 is 5.97 Å². The second-order valence-corrected chi connectivity index (χ2v) is 4.70. The highest BCUT2D eigenvalue weighted by Gasteiger charge is 2.27. The van der Waals surface area contributed by atoms with Crippen LogP contribution in [0.25, 0.3) is 0 Å². The Bertz CT molecular complexity index is 487. The van der Waals surface area contributed by atoms with Crippen LogP contribution in [0.4, 0.5) is 5.69 Å². The second-order valence-electron chi connectivity index (χ2n) is 4.70. The Morgan fingerprint density at radius 2 is 2.21 bits per heavy atom. The molecular formula is C14H18N2O3. The van der Waals surface area contributed by atoms with Crippen LogP contribution in [0.3, 0.4) is 0 Å². The molecule has 102 valence electrons. The molecule has 19 heavy (non-hydrogen) atoms. The number of rotatable bonds is 3. The average molecular weight is 262 g/mol. The van der Waals surface area contributed by atoms with Crippen LogP contribution < -0.4 is 5.32 Å². The van der Waals surface area contributed by atoms with Gasteiger partial charge in [0.25, 0.3) is 0 Å². The first-order chi connectivity index (χ1) is 9.11. The molecule has 0 aromatic heterocycles. The number of ether oxygens (including phenoxy) is 1. The minimum absolute atomic E-state index is 0.0259. The fourth-order valence-electron chi connectivity index (χ4n) is 2.31. The Morgan fingerprint density at radius 1 is 1.42 bits per heavy atom. The number of carbonyl (C=O) groups excluding carboxylic acids is 2. The lowest BCUT2D eigenvalue weighted by molar-refractivity contribution is -0.119. The summed E-state index contributed by atoms with van der Waals surface area (Å²) in [5.41, 5.74) is 1.05. The largest absolute Gasteiger partial charge is 0.465 e. The van der Waals surface area contributed by atoms with Crippen molar-refractivity contribution in [1.29, 1.82) is 0 Å². The number of methoxy groups -OCH3 is 1. The number of esters is 1. The highest BCUT2D eigenvalue weighted by Crippen LogP contribution is 2.18. The molecule has 0 bridgehead atoms. The van der Waals surface area contributed by atoms with Gasteiger partial charge in [-0.2, -0.15) is 0 Å². The first-order valence-corrected chi connectivity index (χ1v) is 6.31. The molecule has 0 aliphatic carbocycles. The van der Waals surface area contributed by atoms with Gasteiger partial charge in [0.05, 0.1) is 18.7 Å². The lowest BCUT2D eigenvalue weighted by Gasteiger charge is -2.18. The zero-order chi connectivity index (χ0) is 13.8. The van der Waals surface area contributed by atoms with Crippen molar-refractivity contribution in [2.24, 2.45) is 0 Å². The fraction of sp³-hybridized carbons (Fsp3) is 0.429. The summed E-state index contributed by atoms with van der Waals surface area (Å²) in [4.78, 5) is 25.6. The number of nitrogens with one attached hydrogen (secondary N) is 1. The molecule has 1 atom stereocenters. The third-order valence-corrected chi connectivity index (χ3v) is 3.37. The number of benzene rings is 1. The number of carbonyl (C=O) groups is 2. The standard InChI is InChI=1S/C14H18N2O3/c1-16-8-4-7-12(16)13(17)15-11-6-3-5-10(9-11)14(18)19-2/h3,5-6,9,12H,4,7-8H2,1-2H3,(H,15,17). The van der Waals surface area contributed by atoms with Gasteiger partial charge < -0.3 is 10.1 Å². The van der Waals surface area contributed by atoms with E-state index in [-0.39, 0.29) is 11.9 Å². The van der Waals surface area contributed by atoms with Crippen molar-refractivity contribution >= 4 is 17.6 Å². The maximum absolute atomic E-state index is 12.1. The molecular weight excluding hydrogens is 244 g/mol. The third-order valence-electron chi connectivity index (χ3n) is 3.37. The molecule has 1 aliphatic rings. The SMILES string of the molecule is COC(=O)c1cccc(NC(=O)C2CCCN2C)c1. The Labute approximate surface area is 112 Å². The van der Waals surface area contributed by atoms with E-state index in [0.29, 0.717) is 11.3 Å². The molecule has 1 aromatic carbocycles. The molecule has 1 heterocycles. The lowest BCUT2D eigenvalue weighted by atomic mass is 10.1. The molecule has 1 unspecified atom stereocenters. The molecule has 1 saturated heterocycles. The third kappa shape index (κ3) is 3.12. The van der Waals surface area contributed by atoms with E-state index >= 15 is 0 Å².